The third-order valence-electron chi connectivity index (χ3n) is 2.94. The lowest BCUT2D eigenvalue weighted by atomic mass is 9.75. The number of rotatable bonds is 1. The normalized spacial score (nSPS) is 19.5. The van der Waals surface area contributed by atoms with Gasteiger partial charge in [0, 0.05) is 17.7 Å². The maximum absolute atomic E-state index is 9.36. The van der Waals surface area contributed by atoms with Gasteiger partial charge in [0.1, 0.15) is 0 Å². The van der Waals surface area contributed by atoms with Gasteiger partial charge in [0.15, 0.2) is 0 Å². The van der Waals surface area contributed by atoms with Crippen molar-refractivity contribution in [2.45, 2.75) is 18.3 Å². The van der Waals surface area contributed by atoms with Crippen LogP contribution in [0.5, 0.6) is 0 Å². The zero-order chi connectivity index (χ0) is 10.7. The van der Waals surface area contributed by atoms with Crippen LogP contribution in [0, 0.1) is 11.3 Å². The van der Waals surface area contributed by atoms with E-state index in [-0.39, 0.29) is 5.41 Å². The minimum absolute atomic E-state index is 0.345. The quantitative estimate of drug-likeness (QED) is 0.782. The summed E-state index contributed by atoms with van der Waals surface area (Å²) >= 11 is 3.44. The largest absolute Gasteiger partial charge is 0.381 e. The van der Waals surface area contributed by atoms with Crippen LogP contribution in [-0.2, 0) is 10.2 Å². The van der Waals surface area contributed by atoms with Crippen LogP contribution < -0.4 is 0 Å². The molecule has 0 spiro atoms. The van der Waals surface area contributed by atoms with Gasteiger partial charge in [-0.25, -0.2) is 0 Å². The molecule has 0 aliphatic carbocycles. The summed E-state index contributed by atoms with van der Waals surface area (Å²) < 4.78 is 6.34. The molecule has 2 rings (SSSR count). The monoisotopic (exact) mass is 265 g/mol. The molecule has 15 heavy (non-hydrogen) atoms. The predicted molar refractivity (Wildman–Crippen MR) is 61.5 cm³/mol. The fraction of sp³-hybridized carbons (Fsp3) is 0.417. The van der Waals surface area contributed by atoms with Gasteiger partial charge in [-0.2, -0.15) is 5.26 Å². The maximum Gasteiger partial charge on any atom is 0.0866 e. The first-order valence-electron chi connectivity index (χ1n) is 5.02. The Balaban J connectivity index is 2.37. The van der Waals surface area contributed by atoms with Crippen LogP contribution in [-0.4, -0.2) is 13.2 Å². The Morgan fingerprint density at radius 1 is 1.33 bits per heavy atom. The SMILES string of the molecule is N#CC1(c2cccc(Br)c2)CCOCC1. The molecule has 0 bridgehead atoms. The summed E-state index contributed by atoms with van der Waals surface area (Å²) in [5, 5.41) is 9.36. The molecule has 1 heterocycles. The standard InChI is InChI=1S/C12H12BrNO/c13-11-3-1-2-10(8-11)12(9-14)4-6-15-7-5-12/h1-3,8H,4-7H2. The molecular formula is C12H12BrNO. The van der Waals surface area contributed by atoms with Crippen LogP contribution in [0.25, 0.3) is 0 Å². The minimum Gasteiger partial charge on any atom is -0.381 e. The van der Waals surface area contributed by atoms with E-state index < -0.39 is 0 Å². The van der Waals surface area contributed by atoms with Crippen molar-refractivity contribution in [2.75, 3.05) is 13.2 Å². The van der Waals surface area contributed by atoms with Crippen molar-refractivity contribution in [3.8, 4) is 6.07 Å². The molecule has 0 N–H and O–H groups in total. The number of nitriles is 1. The third kappa shape index (κ3) is 2.06. The fourth-order valence-electron chi connectivity index (χ4n) is 1.97. The molecule has 2 nitrogen and oxygen atoms in total. The van der Waals surface area contributed by atoms with Crippen molar-refractivity contribution < 1.29 is 4.74 Å². The number of halogens is 1. The molecule has 0 amide bonds. The lowest BCUT2D eigenvalue weighted by Gasteiger charge is -2.31. The van der Waals surface area contributed by atoms with Crippen LogP contribution in [0.4, 0.5) is 0 Å². The van der Waals surface area contributed by atoms with Crippen LogP contribution in [0.3, 0.4) is 0 Å². The summed E-state index contributed by atoms with van der Waals surface area (Å²) in [4.78, 5) is 0. The molecule has 0 saturated carbocycles. The Kier molecular flexibility index (Phi) is 3.08. The molecule has 1 saturated heterocycles. The average molecular weight is 266 g/mol. The summed E-state index contributed by atoms with van der Waals surface area (Å²) in [5.74, 6) is 0. The fourth-order valence-corrected chi connectivity index (χ4v) is 2.37. The second-order valence-electron chi connectivity index (χ2n) is 3.82. The predicted octanol–water partition coefficient (Wildman–Crippen LogP) is 3.02. The van der Waals surface area contributed by atoms with E-state index in [1.807, 2.05) is 24.3 Å². The Bertz CT molecular complexity index is 391. The maximum atomic E-state index is 9.36. The summed E-state index contributed by atoms with van der Waals surface area (Å²) in [5.41, 5.74) is 0.754. The van der Waals surface area contributed by atoms with Crippen molar-refractivity contribution in [3.05, 3.63) is 34.3 Å². The summed E-state index contributed by atoms with van der Waals surface area (Å²) in [6.07, 6.45) is 1.58. The van der Waals surface area contributed by atoms with Crippen molar-refractivity contribution >= 4 is 15.9 Å². The zero-order valence-electron chi connectivity index (χ0n) is 8.37. The highest BCUT2D eigenvalue weighted by molar-refractivity contribution is 9.10. The van der Waals surface area contributed by atoms with Crippen LogP contribution in [0.15, 0.2) is 28.7 Å². The molecule has 0 radical (unpaired) electrons. The average Bonchev–Trinajstić information content (AvgIpc) is 2.30. The molecule has 0 atom stereocenters. The molecule has 1 aromatic rings. The first-order valence-corrected chi connectivity index (χ1v) is 5.81. The van der Waals surface area contributed by atoms with Crippen molar-refractivity contribution in [1.82, 2.24) is 0 Å². The highest BCUT2D eigenvalue weighted by Gasteiger charge is 2.34. The highest BCUT2D eigenvalue weighted by Crippen LogP contribution is 2.35. The van der Waals surface area contributed by atoms with E-state index in [9.17, 15) is 5.26 Å². The van der Waals surface area contributed by atoms with Gasteiger partial charge in [-0.3, -0.25) is 0 Å². The first-order chi connectivity index (χ1) is 7.27. The lowest BCUT2D eigenvalue weighted by Crippen LogP contribution is -2.32. The van der Waals surface area contributed by atoms with Gasteiger partial charge in [0.2, 0.25) is 0 Å². The van der Waals surface area contributed by atoms with Gasteiger partial charge in [-0.15, -0.1) is 0 Å². The van der Waals surface area contributed by atoms with Crippen molar-refractivity contribution in [3.63, 3.8) is 0 Å². The van der Waals surface area contributed by atoms with Crippen molar-refractivity contribution in [2.24, 2.45) is 0 Å². The molecule has 3 heteroatoms. The van der Waals surface area contributed by atoms with E-state index >= 15 is 0 Å². The second kappa shape index (κ2) is 4.34. The smallest absolute Gasteiger partial charge is 0.0866 e. The van der Waals surface area contributed by atoms with E-state index in [0.717, 1.165) is 22.9 Å². The van der Waals surface area contributed by atoms with Gasteiger partial charge >= 0.3 is 0 Å². The Morgan fingerprint density at radius 2 is 2.07 bits per heavy atom. The molecule has 1 aromatic carbocycles. The van der Waals surface area contributed by atoms with Gasteiger partial charge in [0.05, 0.1) is 11.5 Å². The van der Waals surface area contributed by atoms with Gasteiger partial charge in [-0.1, -0.05) is 28.1 Å². The second-order valence-corrected chi connectivity index (χ2v) is 4.73. The van der Waals surface area contributed by atoms with E-state index in [1.165, 1.54) is 0 Å². The van der Waals surface area contributed by atoms with E-state index in [2.05, 4.69) is 22.0 Å². The molecule has 0 unspecified atom stereocenters. The van der Waals surface area contributed by atoms with E-state index in [0.29, 0.717) is 13.2 Å². The van der Waals surface area contributed by atoms with E-state index in [4.69, 9.17) is 4.74 Å². The zero-order valence-corrected chi connectivity index (χ0v) is 9.96. The van der Waals surface area contributed by atoms with Crippen LogP contribution in [0.1, 0.15) is 18.4 Å². The van der Waals surface area contributed by atoms with Crippen LogP contribution >= 0.6 is 15.9 Å². The molecular weight excluding hydrogens is 254 g/mol. The summed E-state index contributed by atoms with van der Waals surface area (Å²) in [7, 11) is 0. The molecule has 0 aromatic heterocycles. The van der Waals surface area contributed by atoms with E-state index in [1.54, 1.807) is 0 Å². The summed E-state index contributed by atoms with van der Waals surface area (Å²) in [6.45, 7) is 1.36. The number of hydrogen-bond acceptors (Lipinski definition) is 2. The Hall–Kier alpha value is -0.850. The lowest BCUT2D eigenvalue weighted by molar-refractivity contribution is 0.0675. The van der Waals surface area contributed by atoms with Gasteiger partial charge < -0.3 is 4.74 Å². The molecule has 1 fully saturated rings. The third-order valence-corrected chi connectivity index (χ3v) is 3.43. The highest BCUT2D eigenvalue weighted by atomic mass is 79.9. The van der Waals surface area contributed by atoms with Gasteiger partial charge in [0.25, 0.3) is 0 Å². The molecule has 1 aliphatic heterocycles. The number of nitrogens with zero attached hydrogens (tertiary/aromatic N) is 1. The topological polar surface area (TPSA) is 33.0 Å². The Labute approximate surface area is 98.0 Å². The van der Waals surface area contributed by atoms with Crippen molar-refractivity contribution in [1.29, 1.82) is 5.26 Å². The number of benzene rings is 1. The Morgan fingerprint density at radius 3 is 2.67 bits per heavy atom. The van der Waals surface area contributed by atoms with Crippen LogP contribution in [0.2, 0.25) is 0 Å². The minimum atomic E-state index is -0.345. The van der Waals surface area contributed by atoms with Gasteiger partial charge in [-0.05, 0) is 30.5 Å². The first kappa shape index (κ1) is 10.7. The summed E-state index contributed by atoms with van der Waals surface area (Å²) in [6, 6.07) is 10.5. The molecule has 1 aliphatic rings. The molecule has 78 valence electrons. The number of ether oxygens (including phenoxy) is 1. The number of hydrogen-bond donors (Lipinski definition) is 0.